The minimum atomic E-state index is 0.159. The van der Waals surface area contributed by atoms with Gasteiger partial charge in [-0.1, -0.05) is 45.0 Å². The average Bonchev–Trinajstić information content (AvgIpc) is 2.28. The highest BCUT2D eigenvalue weighted by Crippen LogP contribution is 2.29. The molecule has 1 aromatic carbocycles. The van der Waals surface area contributed by atoms with E-state index < -0.39 is 0 Å². The van der Waals surface area contributed by atoms with Gasteiger partial charge in [0.1, 0.15) is 12.1 Å². The van der Waals surface area contributed by atoms with Gasteiger partial charge in [-0.05, 0) is 23.5 Å². The Morgan fingerprint density at radius 2 is 1.61 bits per heavy atom. The maximum Gasteiger partial charge on any atom is 0.134 e. The van der Waals surface area contributed by atoms with E-state index in [-0.39, 0.29) is 5.41 Å². The van der Waals surface area contributed by atoms with Crippen molar-refractivity contribution in [3.05, 3.63) is 41.9 Å². The quantitative estimate of drug-likeness (QED) is 0.833. The summed E-state index contributed by atoms with van der Waals surface area (Å²) in [6.45, 7) is 8.55. The molecular weight excluding hydrogens is 222 g/mol. The van der Waals surface area contributed by atoms with Crippen LogP contribution in [0.3, 0.4) is 0 Å². The fourth-order valence-corrected chi connectivity index (χ4v) is 1.99. The number of nitrogens with two attached hydrogens (primary N) is 1. The molecule has 2 aromatic rings. The Bertz CT molecular complexity index is 531. The van der Waals surface area contributed by atoms with E-state index in [9.17, 15) is 0 Å². The number of aryl methyl sites for hydroxylation is 1. The molecule has 94 valence electrons. The second kappa shape index (κ2) is 4.41. The van der Waals surface area contributed by atoms with Gasteiger partial charge in [-0.3, -0.25) is 0 Å². The van der Waals surface area contributed by atoms with Gasteiger partial charge in [-0.2, -0.15) is 0 Å². The number of hydrogen-bond donors (Lipinski definition) is 1. The monoisotopic (exact) mass is 241 g/mol. The van der Waals surface area contributed by atoms with E-state index in [0.717, 1.165) is 16.8 Å². The van der Waals surface area contributed by atoms with Crippen LogP contribution in [0.5, 0.6) is 0 Å². The number of benzene rings is 1. The Morgan fingerprint density at radius 3 is 2.11 bits per heavy atom. The maximum atomic E-state index is 5.93. The molecular formula is C15H19N3. The van der Waals surface area contributed by atoms with E-state index in [0.29, 0.717) is 5.82 Å². The number of rotatable bonds is 1. The molecule has 0 radical (unpaired) electrons. The highest BCUT2D eigenvalue weighted by molar-refractivity contribution is 5.75. The molecule has 0 aliphatic rings. The molecule has 0 atom stereocenters. The molecule has 0 bridgehead atoms. The Labute approximate surface area is 108 Å². The molecule has 0 saturated heterocycles. The first-order valence-corrected chi connectivity index (χ1v) is 6.07. The van der Waals surface area contributed by atoms with E-state index in [2.05, 4.69) is 55.0 Å². The van der Waals surface area contributed by atoms with Crippen LogP contribution >= 0.6 is 0 Å². The van der Waals surface area contributed by atoms with Gasteiger partial charge in [-0.15, -0.1) is 0 Å². The van der Waals surface area contributed by atoms with Crippen molar-refractivity contribution >= 4 is 5.82 Å². The third-order valence-corrected chi connectivity index (χ3v) is 3.11. The van der Waals surface area contributed by atoms with Crippen molar-refractivity contribution < 1.29 is 0 Å². The van der Waals surface area contributed by atoms with Crippen molar-refractivity contribution in [2.75, 3.05) is 5.73 Å². The van der Waals surface area contributed by atoms with Crippen LogP contribution in [0.4, 0.5) is 5.82 Å². The molecule has 0 aliphatic carbocycles. The van der Waals surface area contributed by atoms with Gasteiger partial charge >= 0.3 is 0 Å². The van der Waals surface area contributed by atoms with Crippen LogP contribution in [-0.2, 0) is 5.41 Å². The first-order valence-electron chi connectivity index (χ1n) is 6.07. The molecule has 18 heavy (non-hydrogen) atoms. The molecule has 0 spiro atoms. The van der Waals surface area contributed by atoms with Gasteiger partial charge < -0.3 is 5.73 Å². The summed E-state index contributed by atoms with van der Waals surface area (Å²) in [6.07, 6.45) is 1.50. The van der Waals surface area contributed by atoms with Crippen LogP contribution in [0.2, 0.25) is 0 Å². The fourth-order valence-electron chi connectivity index (χ4n) is 1.99. The largest absolute Gasteiger partial charge is 0.383 e. The Balaban J connectivity index is 2.47. The predicted octanol–water partition coefficient (Wildman–Crippen LogP) is 3.33. The summed E-state index contributed by atoms with van der Waals surface area (Å²) in [5.41, 5.74) is 10.3. The zero-order valence-corrected chi connectivity index (χ0v) is 11.4. The van der Waals surface area contributed by atoms with Crippen molar-refractivity contribution in [1.29, 1.82) is 0 Å². The van der Waals surface area contributed by atoms with Crippen molar-refractivity contribution in [1.82, 2.24) is 9.97 Å². The first kappa shape index (κ1) is 12.6. The van der Waals surface area contributed by atoms with E-state index >= 15 is 0 Å². The summed E-state index contributed by atoms with van der Waals surface area (Å²) < 4.78 is 0. The SMILES string of the molecule is Cc1ncnc(N)c1-c1ccc(C(C)(C)C)cc1. The van der Waals surface area contributed by atoms with E-state index in [1.54, 1.807) is 0 Å². The topological polar surface area (TPSA) is 51.8 Å². The first-order chi connectivity index (χ1) is 8.39. The highest BCUT2D eigenvalue weighted by Gasteiger charge is 2.14. The van der Waals surface area contributed by atoms with Crippen molar-refractivity contribution in [3.63, 3.8) is 0 Å². The van der Waals surface area contributed by atoms with Crippen LogP contribution in [-0.4, -0.2) is 9.97 Å². The molecule has 0 unspecified atom stereocenters. The maximum absolute atomic E-state index is 5.93. The number of hydrogen-bond acceptors (Lipinski definition) is 3. The van der Waals surface area contributed by atoms with Gasteiger partial charge in [0.2, 0.25) is 0 Å². The van der Waals surface area contributed by atoms with E-state index in [1.165, 1.54) is 11.9 Å². The summed E-state index contributed by atoms with van der Waals surface area (Å²) >= 11 is 0. The smallest absolute Gasteiger partial charge is 0.134 e. The van der Waals surface area contributed by atoms with Crippen LogP contribution in [0.1, 0.15) is 32.0 Å². The molecule has 0 saturated carbocycles. The molecule has 2 N–H and O–H groups in total. The lowest BCUT2D eigenvalue weighted by Crippen LogP contribution is -2.10. The number of nitrogens with zero attached hydrogens (tertiary/aromatic N) is 2. The number of nitrogen functional groups attached to an aromatic ring is 1. The molecule has 0 fully saturated rings. The minimum absolute atomic E-state index is 0.159. The minimum Gasteiger partial charge on any atom is -0.383 e. The Kier molecular flexibility index (Phi) is 3.07. The lowest BCUT2D eigenvalue weighted by molar-refractivity contribution is 0.590. The van der Waals surface area contributed by atoms with E-state index in [1.807, 2.05) is 6.92 Å². The van der Waals surface area contributed by atoms with Crippen LogP contribution in [0.25, 0.3) is 11.1 Å². The number of anilines is 1. The third kappa shape index (κ3) is 2.35. The van der Waals surface area contributed by atoms with Crippen molar-refractivity contribution in [2.24, 2.45) is 0 Å². The van der Waals surface area contributed by atoms with Gasteiger partial charge in [0.05, 0.1) is 5.69 Å². The van der Waals surface area contributed by atoms with Crippen molar-refractivity contribution in [3.8, 4) is 11.1 Å². The molecule has 3 nitrogen and oxygen atoms in total. The highest BCUT2D eigenvalue weighted by atomic mass is 14.9. The summed E-state index contributed by atoms with van der Waals surface area (Å²) in [5.74, 6) is 0.533. The molecule has 0 amide bonds. The summed E-state index contributed by atoms with van der Waals surface area (Å²) in [7, 11) is 0. The molecule has 2 rings (SSSR count). The predicted molar refractivity (Wildman–Crippen MR) is 75.3 cm³/mol. The molecule has 0 aliphatic heterocycles. The van der Waals surface area contributed by atoms with Gasteiger partial charge in [-0.25, -0.2) is 9.97 Å². The molecule has 3 heteroatoms. The second-order valence-electron chi connectivity index (χ2n) is 5.55. The van der Waals surface area contributed by atoms with Crippen LogP contribution in [0.15, 0.2) is 30.6 Å². The van der Waals surface area contributed by atoms with Crippen LogP contribution < -0.4 is 5.73 Å². The zero-order valence-electron chi connectivity index (χ0n) is 11.4. The van der Waals surface area contributed by atoms with Gasteiger partial charge in [0, 0.05) is 5.56 Å². The average molecular weight is 241 g/mol. The van der Waals surface area contributed by atoms with Crippen LogP contribution in [0, 0.1) is 6.92 Å². The standard InChI is InChI=1S/C15H19N3/c1-10-13(14(16)18-9-17-10)11-5-7-12(8-6-11)15(2,3)4/h5-9H,1-4H3,(H2,16,17,18). The number of aromatic nitrogens is 2. The normalized spacial score (nSPS) is 11.6. The summed E-state index contributed by atoms with van der Waals surface area (Å²) in [5, 5.41) is 0. The fraction of sp³-hybridized carbons (Fsp3) is 0.333. The lowest BCUT2D eigenvalue weighted by atomic mass is 9.86. The van der Waals surface area contributed by atoms with Gasteiger partial charge in [0.15, 0.2) is 0 Å². The zero-order chi connectivity index (χ0) is 13.3. The Morgan fingerprint density at radius 1 is 1.00 bits per heavy atom. The molecule has 1 heterocycles. The summed E-state index contributed by atoms with van der Waals surface area (Å²) in [4.78, 5) is 8.25. The van der Waals surface area contributed by atoms with Crippen molar-refractivity contribution in [2.45, 2.75) is 33.1 Å². The molecule has 1 aromatic heterocycles. The Hall–Kier alpha value is -1.90. The third-order valence-electron chi connectivity index (χ3n) is 3.11. The second-order valence-corrected chi connectivity index (χ2v) is 5.55. The lowest BCUT2D eigenvalue weighted by Gasteiger charge is -2.19. The van der Waals surface area contributed by atoms with Gasteiger partial charge in [0.25, 0.3) is 0 Å². The summed E-state index contributed by atoms with van der Waals surface area (Å²) in [6, 6.07) is 8.45. The van der Waals surface area contributed by atoms with E-state index in [4.69, 9.17) is 5.73 Å².